The van der Waals surface area contributed by atoms with E-state index in [0.717, 1.165) is 17.7 Å². The minimum Gasteiger partial charge on any atom is -0.396 e. The van der Waals surface area contributed by atoms with E-state index in [-0.39, 0.29) is 68.9 Å². The van der Waals surface area contributed by atoms with Gasteiger partial charge in [0.2, 0.25) is 11.8 Å². The van der Waals surface area contributed by atoms with Gasteiger partial charge in [-0.15, -0.1) is 0 Å². The van der Waals surface area contributed by atoms with Crippen LogP contribution in [0.25, 0.3) is 0 Å². The highest BCUT2D eigenvalue weighted by molar-refractivity contribution is 5.94. The Morgan fingerprint density at radius 1 is 1.17 bits per heavy atom. The highest BCUT2D eigenvalue weighted by atomic mass is 16.3. The summed E-state index contributed by atoms with van der Waals surface area (Å²) in [4.78, 5) is 58.7. The number of aliphatic hydroxyl groups excluding tert-OH is 1. The monoisotopic (exact) mass is 569 g/mol. The lowest BCUT2D eigenvalue weighted by atomic mass is 9.91. The molecule has 2 bridgehead atoms. The van der Waals surface area contributed by atoms with Crippen molar-refractivity contribution in [1.82, 2.24) is 35.2 Å². The molecule has 4 N–H and O–H groups in total. The SMILES string of the molecule is CC(C)CCn1nc2c3c1CCC(C3)NC(=O)CN(CCCO)C(=O)CCCN(C(=O)c1ccc[nH]1)CCNC2=O. The number of nitrogens with zero attached hydrogens (tertiary/aromatic N) is 4. The van der Waals surface area contributed by atoms with Gasteiger partial charge in [-0.3, -0.25) is 23.9 Å². The van der Waals surface area contributed by atoms with Gasteiger partial charge in [0.25, 0.3) is 11.8 Å². The second-order valence-electron chi connectivity index (χ2n) is 11.3. The van der Waals surface area contributed by atoms with Crippen LogP contribution < -0.4 is 10.6 Å². The number of rotatable bonds is 7. The maximum absolute atomic E-state index is 13.4. The molecule has 224 valence electrons. The molecule has 4 rings (SSSR count). The molecule has 2 aromatic heterocycles. The Bertz CT molecular complexity index is 1210. The van der Waals surface area contributed by atoms with Gasteiger partial charge in [-0.2, -0.15) is 5.10 Å². The third kappa shape index (κ3) is 7.96. The number of amides is 4. The number of aromatic nitrogens is 3. The molecule has 1 atom stereocenters. The predicted molar refractivity (Wildman–Crippen MR) is 152 cm³/mol. The van der Waals surface area contributed by atoms with Crippen molar-refractivity contribution in [2.24, 2.45) is 5.92 Å². The van der Waals surface area contributed by atoms with Crippen LogP contribution >= 0.6 is 0 Å². The first-order valence-electron chi connectivity index (χ1n) is 14.7. The van der Waals surface area contributed by atoms with Crippen LogP contribution in [0.15, 0.2) is 18.3 Å². The zero-order valence-electron chi connectivity index (χ0n) is 24.2. The molecule has 0 radical (unpaired) electrons. The van der Waals surface area contributed by atoms with Crippen LogP contribution in [-0.4, -0.2) is 98.7 Å². The first-order valence-corrected chi connectivity index (χ1v) is 14.7. The molecule has 0 fully saturated rings. The Morgan fingerprint density at radius 3 is 2.73 bits per heavy atom. The van der Waals surface area contributed by atoms with Gasteiger partial charge in [-0.25, -0.2) is 0 Å². The number of aliphatic hydroxyl groups is 1. The van der Waals surface area contributed by atoms with Crippen LogP contribution in [0.2, 0.25) is 0 Å². The molecular formula is C29H43N7O5. The number of aryl methyl sites for hydroxylation is 1. The van der Waals surface area contributed by atoms with Crippen LogP contribution in [0.1, 0.15) is 78.2 Å². The standard InChI is InChI=1S/C29H43N7O5/c1-20(2)10-15-36-24-9-8-21-18-22(24)27(33-36)28(40)31-12-16-34(29(41)23-6-3-11-30-23)13-4-7-26(39)35(14-5-17-37)19-25(38)32-21/h3,6,11,20-21,30,37H,4-5,7-10,12-19H2,1-2H3,(H,31,40)(H,32,38). The van der Waals surface area contributed by atoms with Gasteiger partial charge < -0.3 is 30.5 Å². The highest BCUT2D eigenvalue weighted by Crippen LogP contribution is 2.26. The summed E-state index contributed by atoms with van der Waals surface area (Å²) in [6, 6.07) is 3.26. The predicted octanol–water partition coefficient (Wildman–Crippen LogP) is 1.11. The van der Waals surface area contributed by atoms with Crippen LogP contribution in [0.5, 0.6) is 0 Å². The number of fused-ring (bicyclic) bond motifs is 1. The van der Waals surface area contributed by atoms with Crippen LogP contribution in [0.4, 0.5) is 0 Å². The molecule has 1 unspecified atom stereocenters. The van der Waals surface area contributed by atoms with E-state index in [1.54, 1.807) is 23.2 Å². The van der Waals surface area contributed by atoms with Crippen molar-refractivity contribution in [1.29, 1.82) is 0 Å². The highest BCUT2D eigenvalue weighted by Gasteiger charge is 2.31. The topological polar surface area (TPSA) is 153 Å². The number of carbonyl (C=O) groups is 4. The second kappa shape index (κ2) is 14.3. The molecule has 41 heavy (non-hydrogen) atoms. The molecular weight excluding hydrogens is 526 g/mol. The van der Waals surface area contributed by atoms with Crippen molar-refractivity contribution in [3.8, 4) is 0 Å². The largest absolute Gasteiger partial charge is 0.396 e. The molecule has 2 aromatic rings. The molecule has 1 aliphatic carbocycles. The second-order valence-corrected chi connectivity index (χ2v) is 11.3. The minimum atomic E-state index is -0.293. The van der Waals surface area contributed by atoms with E-state index >= 15 is 0 Å². The zero-order chi connectivity index (χ0) is 29.4. The van der Waals surface area contributed by atoms with Gasteiger partial charge in [0.05, 0.1) is 6.54 Å². The van der Waals surface area contributed by atoms with Crippen molar-refractivity contribution in [3.63, 3.8) is 0 Å². The lowest BCUT2D eigenvalue weighted by Gasteiger charge is -2.27. The average Bonchev–Trinajstić information content (AvgIpc) is 3.61. The minimum absolute atomic E-state index is 0.0835. The number of hydrogen-bond donors (Lipinski definition) is 4. The summed E-state index contributed by atoms with van der Waals surface area (Å²) in [5.74, 6) is -0.488. The maximum atomic E-state index is 13.4. The summed E-state index contributed by atoms with van der Waals surface area (Å²) in [5, 5.41) is 20.1. The zero-order valence-corrected chi connectivity index (χ0v) is 24.2. The fraction of sp³-hybridized carbons (Fsp3) is 0.621. The molecule has 0 saturated carbocycles. The van der Waals surface area contributed by atoms with Crippen LogP contribution in [0, 0.1) is 5.92 Å². The van der Waals surface area contributed by atoms with Gasteiger partial charge >= 0.3 is 0 Å². The van der Waals surface area contributed by atoms with Crippen molar-refractivity contribution in [3.05, 3.63) is 41.0 Å². The Kier molecular flexibility index (Phi) is 10.6. The number of carbonyl (C=O) groups excluding carboxylic acids is 4. The van der Waals surface area contributed by atoms with Gasteiger partial charge in [-0.1, -0.05) is 13.8 Å². The molecule has 12 nitrogen and oxygen atoms in total. The van der Waals surface area contributed by atoms with E-state index in [0.29, 0.717) is 62.5 Å². The van der Waals surface area contributed by atoms with E-state index in [9.17, 15) is 24.3 Å². The van der Waals surface area contributed by atoms with E-state index in [1.807, 2.05) is 4.68 Å². The van der Waals surface area contributed by atoms with Gasteiger partial charge in [-0.05, 0) is 56.6 Å². The lowest BCUT2D eigenvalue weighted by molar-refractivity contribution is -0.136. The number of H-pyrrole nitrogens is 1. The third-order valence-corrected chi connectivity index (χ3v) is 7.72. The molecule has 0 saturated heterocycles. The Hall–Kier alpha value is -3.67. The summed E-state index contributed by atoms with van der Waals surface area (Å²) in [7, 11) is 0. The van der Waals surface area contributed by atoms with E-state index < -0.39 is 0 Å². The van der Waals surface area contributed by atoms with Crippen molar-refractivity contribution in [2.75, 3.05) is 39.3 Å². The van der Waals surface area contributed by atoms with Gasteiger partial charge in [0.15, 0.2) is 5.69 Å². The quantitative estimate of drug-likeness (QED) is 0.392. The number of aromatic amines is 1. The molecule has 2 aliphatic rings. The molecule has 12 heteroatoms. The Morgan fingerprint density at radius 2 is 2.00 bits per heavy atom. The molecule has 3 heterocycles. The number of hydrogen-bond acceptors (Lipinski definition) is 6. The fourth-order valence-electron chi connectivity index (χ4n) is 5.47. The average molecular weight is 570 g/mol. The molecule has 4 amide bonds. The van der Waals surface area contributed by atoms with E-state index in [2.05, 4.69) is 29.5 Å². The summed E-state index contributed by atoms with van der Waals surface area (Å²) < 4.78 is 1.94. The summed E-state index contributed by atoms with van der Waals surface area (Å²) in [6.07, 6.45) is 5.41. The lowest BCUT2D eigenvalue weighted by Crippen LogP contribution is -2.46. The summed E-state index contributed by atoms with van der Waals surface area (Å²) in [6.45, 7) is 5.91. The summed E-state index contributed by atoms with van der Waals surface area (Å²) in [5.41, 5.74) is 2.68. The smallest absolute Gasteiger partial charge is 0.272 e. The maximum Gasteiger partial charge on any atom is 0.272 e. The van der Waals surface area contributed by atoms with Crippen molar-refractivity contribution < 1.29 is 24.3 Å². The fourth-order valence-corrected chi connectivity index (χ4v) is 5.47. The first-order chi connectivity index (χ1) is 19.8. The van der Waals surface area contributed by atoms with Crippen molar-refractivity contribution in [2.45, 2.75) is 71.4 Å². The summed E-state index contributed by atoms with van der Waals surface area (Å²) >= 11 is 0. The van der Waals surface area contributed by atoms with E-state index in [4.69, 9.17) is 5.10 Å². The van der Waals surface area contributed by atoms with E-state index in [1.165, 1.54) is 4.90 Å². The van der Waals surface area contributed by atoms with Crippen LogP contribution in [-0.2, 0) is 29.0 Å². The van der Waals surface area contributed by atoms with Crippen molar-refractivity contribution >= 4 is 23.6 Å². The van der Waals surface area contributed by atoms with Crippen LogP contribution in [0.3, 0.4) is 0 Å². The Balaban J connectivity index is 1.60. The first kappa shape index (κ1) is 30.3. The number of nitrogens with one attached hydrogen (secondary N) is 3. The molecule has 0 aromatic carbocycles. The molecule has 0 spiro atoms. The molecule has 1 aliphatic heterocycles. The normalized spacial score (nSPS) is 19.2. The van der Waals surface area contributed by atoms with Gasteiger partial charge in [0, 0.05) is 69.2 Å². The Labute approximate surface area is 240 Å². The van der Waals surface area contributed by atoms with Gasteiger partial charge in [0.1, 0.15) is 5.69 Å². The third-order valence-electron chi connectivity index (χ3n) is 7.72.